The van der Waals surface area contributed by atoms with E-state index in [0.29, 0.717) is 0 Å². The van der Waals surface area contributed by atoms with Crippen LogP contribution in [0.2, 0.25) is 0 Å². The van der Waals surface area contributed by atoms with Crippen LogP contribution in [0.4, 0.5) is 0 Å². The van der Waals surface area contributed by atoms with Gasteiger partial charge in [-0.15, -0.1) is 0 Å². The Bertz CT molecular complexity index is 75.4. The molecule has 0 fully saturated rings. The molecule has 56 valence electrons. The van der Waals surface area contributed by atoms with E-state index in [1.54, 1.807) is 0 Å². The summed E-state index contributed by atoms with van der Waals surface area (Å²) in [5.41, 5.74) is 0. The van der Waals surface area contributed by atoms with Gasteiger partial charge in [-0.25, -0.2) is 4.79 Å². The molecule has 0 aliphatic rings. The Labute approximate surface area is 61.2 Å². The highest BCUT2D eigenvalue weighted by Crippen LogP contribution is 1.54. The Morgan fingerprint density at radius 2 is 1.78 bits per heavy atom. The van der Waals surface area contributed by atoms with E-state index >= 15 is 0 Å². The van der Waals surface area contributed by atoms with Crippen LogP contribution < -0.4 is 17.7 Å². The van der Waals surface area contributed by atoms with Crippen molar-refractivity contribution in [3.8, 4) is 0 Å². The summed E-state index contributed by atoms with van der Waals surface area (Å²) in [5, 5.41) is 9.60. The van der Waals surface area contributed by atoms with Crippen LogP contribution in [-0.2, 0) is 4.79 Å². The number of quaternary nitrogens is 1. The average Bonchev–Trinajstić information content (AvgIpc) is 1.69. The summed E-state index contributed by atoms with van der Waals surface area (Å²) >= 11 is 0. The monoisotopic (exact) mass is 153 g/mol. The van der Waals surface area contributed by atoms with E-state index in [0.717, 1.165) is 6.08 Å². The molecule has 0 atom stereocenters. The third-order valence-electron chi connectivity index (χ3n) is 0.175. The van der Waals surface area contributed by atoms with Crippen LogP contribution in [0, 0.1) is 0 Å². The van der Waals surface area contributed by atoms with Crippen molar-refractivity contribution < 1.29 is 27.6 Å². The molecule has 0 amide bonds. The summed E-state index contributed by atoms with van der Waals surface area (Å²) in [6.45, 7) is 2.96. The standard InChI is InChI=1S/C3H4O2.C2H7N.ClH/c1-2-3(4)5;1-3-2;/h2H,1H2,(H,4,5);3H,1-2H3;1H. The van der Waals surface area contributed by atoms with Crippen LogP contribution in [0.3, 0.4) is 0 Å². The minimum atomic E-state index is -0.981. The highest BCUT2D eigenvalue weighted by molar-refractivity contribution is 5.78. The highest BCUT2D eigenvalue weighted by atomic mass is 35.5. The Morgan fingerprint density at radius 3 is 1.78 bits per heavy atom. The Kier molecular flexibility index (Phi) is 27.5. The highest BCUT2D eigenvalue weighted by Gasteiger charge is 1.73. The van der Waals surface area contributed by atoms with Gasteiger partial charge in [-0.3, -0.25) is 0 Å². The molecular weight excluding hydrogens is 142 g/mol. The van der Waals surface area contributed by atoms with Crippen molar-refractivity contribution in [3.63, 3.8) is 0 Å². The van der Waals surface area contributed by atoms with Gasteiger partial charge in [0.2, 0.25) is 0 Å². The summed E-state index contributed by atoms with van der Waals surface area (Å²) in [6, 6.07) is 0. The summed E-state index contributed by atoms with van der Waals surface area (Å²) in [7, 11) is 4.00. The molecule has 0 aromatic carbocycles. The number of carboxylic acids is 1. The molecule has 3 N–H and O–H groups in total. The van der Waals surface area contributed by atoms with Crippen molar-refractivity contribution in [2.24, 2.45) is 0 Å². The lowest BCUT2D eigenvalue weighted by Gasteiger charge is -1.64. The van der Waals surface area contributed by atoms with E-state index in [1.807, 2.05) is 19.4 Å². The number of hydrogen-bond donors (Lipinski definition) is 2. The number of rotatable bonds is 1. The van der Waals surface area contributed by atoms with Crippen molar-refractivity contribution >= 4 is 5.97 Å². The number of halogens is 1. The van der Waals surface area contributed by atoms with Gasteiger partial charge in [0.05, 0.1) is 14.1 Å². The average molecular weight is 154 g/mol. The molecule has 0 aromatic rings. The SMILES string of the molecule is C=CC(=O)O.C[NH2+]C.[Cl-]. The fourth-order valence-corrected chi connectivity index (χ4v) is 0. The van der Waals surface area contributed by atoms with Gasteiger partial charge in [0.1, 0.15) is 0 Å². The zero-order valence-electron chi connectivity index (χ0n) is 5.60. The van der Waals surface area contributed by atoms with Gasteiger partial charge in [0.15, 0.2) is 0 Å². The van der Waals surface area contributed by atoms with Gasteiger partial charge < -0.3 is 22.8 Å². The fourth-order valence-electron chi connectivity index (χ4n) is 0. The zero-order valence-corrected chi connectivity index (χ0v) is 6.35. The third kappa shape index (κ3) is 104. The Hall–Kier alpha value is -0.540. The minimum Gasteiger partial charge on any atom is -1.00 e. The number of aliphatic carboxylic acids is 1. The predicted octanol–water partition coefficient (Wildman–Crippen LogP) is -3.93. The zero-order chi connectivity index (χ0) is 6.99. The number of carboxylic acid groups (broad SMARTS) is 1. The number of hydrogen-bond acceptors (Lipinski definition) is 1. The van der Waals surface area contributed by atoms with E-state index in [9.17, 15) is 4.79 Å². The first-order valence-corrected chi connectivity index (χ1v) is 2.28. The third-order valence-corrected chi connectivity index (χ3v) is 0.175. The first-order chi connectivity index (χ1) is 3.68. The van der Waals surface area contributed by atoms with Gasteiger partial charge in [0.25, 0.3) is 0 Å². The van der Waals surface area contributed by atoms with Crippen molar-refractivity contribution in [3.05, 3.63) is 12.7 Å². The normalized spacial score (nSPS) is 5.56. The first-order valence-electron chi connectivity index (χ1n) is 2.28. The molecule has 0 saturated heterocycles. The summed E-state index contributed by atoms with van der Waals surface area (Å²) in [5.74, 6) is -0.981. The molecule has 0 unspecified atom stereocenters. The summed E-state index contributed by atoms with van der Waals surface area (Å²) in [6.07, 6.45) is 0.833. The smallest absolute Gasteiger partial charge is 0.327 e. The Balaban J connectivity index is -0.0000000800. The molecule has 0 aromatic heterocycles. The van der Waals surface area contributed by atoms with E-state index in [-0.39, 0.29) is 12.4 Å². The molecule has 0 heterocycles. The summed E-state index contributed by atoms with van der Waals surface area (Å²) in [4.78, 5) is 9.25. The van der Waals surface area contributed by atoms with Gasteiger partial charge >= 0.3 is 5.97 Å². The van der Waals surface area contributed by atoms with Gasteiger partial charge in [-0.2, -0.15) is 0 Å². The van der Waals surface area contributed by atoms with Crippen LogP contribution >= 0.6 is 0 Å². The van der Waals surface area contributed by atoms with Gasteiger partial charge in [-0.05, 0) is 0 Å². The second kappa shape index (κ2) is 15.7. The maximum Gasteiger partial charge on any atom is 0.327 e. The fraction of sp³-hybridized carbons (Fsp3) is 0.400. The van der Waals surface area contributed by atoms with Crippen LogP contribution in [-0.4, -0.2) is 25.2 Å². The predicted molar refractivity (Wildman–Crippen MR) is 31.6 cm³/mol. The lowest BCUT2D eigenvalue weighted by Crippen LogP contribution is -3.00. The maximum absolute atomic E-state index is 9.25. The molecular formula is C5H12ClNO2. The minimum absolute atomic E-state index is 0. The van der Waals surface area contributed by atoms with Crippen LogP contribution in [0.25, 0.3) is 0 Å². The van der Waals surface area contributed by atoms with Crippen LogP contribution in [0.15, 0.2) is 12.7 Å². The quantitative estimate of drug-likeness (QED) is 0.378. The maximum atomic E-state index is 9.25. The van der Waals surface area contributed by atoms with Crippen LogP contribution in [0.1, 0.15) is 0 Å². The largest absolute Gasteiger partial charge is 1.00 e. The van der Waals surface area contributed by atoms with Gasteiger partial charge in [-0.1, -0.05) is 6.58 Å². The van der Waals surface area contributed by atoms with Gasteiger partial charge in [0, 0.05) is 6.08 Å². The second-order valence-electron chi connectivity index (χ2n) is 1.12. The van der Waals surface area contributed by atoms with E-state index in [4.69, 9.17) is 5.11 Å². The van der Waals surface area contributed by atoms with Crippen molar-refractivity contribution in [1.29, 1.82) is 0 Å². The molecule has 0 radical (unpaired) electrons. The molecule has 0 spiro atoms. The van der Waals surface area contributed by atoms with Crippen molar-refractivity contribution in [2.75, 3.05) is 14.1 Å². The van der Waals surface area contributed by atoms with Crippen molar-refractivity contribution in [2.45, 2.75) is 0 Å². The lowest BCUT2D eigenvalue weighted by molar-refractivity contribution is -0.597. The second-order valence-corrected chi connectivity index (χ2v) is 1.12. The molecule has 0 rings (SSSR count). The number of carbonyl (C=O) groups is 1. The molecule has 0 saturated carbocycles. The topological polar surface area (TPSA) is 53.9 Å². The Morgan fingerprint density at radius 1 is 1.67 bits per heavy atom. The molecule has 3 nitrogen and oxygen atoms in total. The molecule has 0 aliphatic heterocycles. The van der Waals surface area contributed by atoms with E-state index in [2.05, 4.69) is 6.58 Å². The molecule has 0 aliphatic carbocycles. The first kappa shape index (κ1) is 15.8. The van der Waals surface area contributed by atoms with Crippen LogP contribution in [0.5, 0.6) is 0 Å². The van der Waals surface area contributed by atoms with E-state index in [1.165, 1.54) is 0 Å². The van der Waals surface area contributed by atoms with Crippen molar-refractivity contribution in [1.82, 2.24) is 0 Å². The number of nitrogens with two attached hydrogens (primary N) is 1. The molecule has 4 heteroatoms. The molecule has 0 bridgehead atoms. The summed E-state index contributed by atoms with van der Waals surface area (Å²) < 4.78 is 0. The molecule has 9 heavy (non-hydrogen) atoms. The lowest BCUT2D eigenvalue weighted by atomic mass is 10.7. The van der Waals surface area contributed by atoms with E-state index < -0.39 is 5.97 Å².